The molecule has 3 rings (SSSR count). The van der Waals surface area contributed by atoms with Gasteiger partial charge in [-0.25, -0.2) is 9.97 Å². The van der Waals surface area contributed by atoms with Crippen molar-refractivity contribution in [1.29, 1.82) is 0 Å². The van der Waals surface area contributed by atoms with Crippen molar-refractivity contribution in [3.8, 4) is 11.4 Å². The zero-order valence-electron chi connectivity index (χ0n) is 13.7. The third-order valence-electron chi connectivity index (χ3n) is 3.43. The van der Waals surface area contributed by atoms with E-state index in [0.29, 0.717) is 30.4 Å². The number of aliphatic hydroxyl groups excluding tert-OH is 1. The van der Waals surface area contributed by atoms with E-state index in [0.717, 1.165) is 24.5 Å². The first kappa shape index (κ1) is 17.2. The van der Waals surface area contributed by atoms with Gasteiger partial charge in [-0.1, -0.05) is 13.8 Å². The van der Waals surface area contributed by atoms with Gasteiger partial charge in [0.25, 0.3) is 0 Å². The van der Waals surface area contributed by atoms with E-state index in [4.69, 9.17) is 10.5 Å². The fourth-order valence-electron chi connectivity index (χ4n) is 2.28. The standard InChI is InChI=1S/C15H18N4O2.C2H6/c16-12-3-1-11(2-4-12)15-17-13(10-20)9-14(18-15)19-5-7-21-8-6-19;1-2/h1-4,9,20H,5-8,10,16H2;1-2H3. The Kier molecular flexibility index (Phi) is 6.31. The summed E-state index contributed by atoms with van der Waals surface area (Å²) in [6.45, 7) is 6.86. The Bertz CT molecular complexity index is 610. The van der Waals surface area contributed by atoms with Gasteiger partial charge in [-0.3, -0.25) is 0 Å². The normalized spacial score (nSPS) is 14.1. The number of benzene rings is 1. The second-order valence-corrected chi connectivity index (χ2v) is 4.92. The monoisotopic (exact) mass is 316 g/mol. The number of nitrogen functional groups attached to an aromatic ring is 1. The number of nitrogens with zero attached hydrogens (tertiary/aromatic N) is 3. The lowest BCUT2D eigenvalue weighted by Gasteiger charge is -2.28. The Morgan fingerprint density at radius 2 is 1.78 bits per heavy atom. The van der Waals surface area contributed by atoms with Crippen molar-refractivity contribution in [2.75, 3.05) is 36.9 Å². The highest BCUT2D eigenvalue weighted by molar-refractivity contribution is 5.60. The predicted molar refractivity (Wildman–Crippen MR) is 92.2 cm³/mol. The average Bonchev–Trinajstić information content (AvgIpc) is 2.64. The van der Waals surface area contributed by atoms with Gasteiger partial charge < -0.3 is 20.5 Å². The summed E-state index contributed by atoms with van der Waals surface area (Å²) < 4.78 is 5.36. The maximum Gasteiger partial charge on any atom is 0.161 e. The smallest absolute Gasteiger partial charge is 0.161 e. The summed E-state index contributed by atoms with van der Waals surface area (Å²) in [7, 11) is 0. The summed E-state index contributed by atoms with van der Waals surface area (Å²) in [5, 5.41) is 9.42. The van der Waals surface area contributed by atoms with E-state index >= 15 is 0 Å². The fourth-order valence-corrected chi connectivity index (χ4v) is 2.28. The van der Waals surface area contributed by atoms with E-state index in [1.165, 1.54) is 0 Å². The molecule has 23 heavy (non-hydrogen) atoms. The van der Waals surface area contributed by atoms with Gasteiger partial charge >= 0.3 is 0 Å². The van der Waals surface area contributed by atoms with Crippen LogP contribution in [0.15, 0.2) is 30.3 Å². The third-order valence-corrected chi connectivity index (χ3v) is 3.43. The predicted octanol–water partition coefficient (Wildman–Crippen LogP) is 2.08. The summed E-state index contributed by atoms with van der Waals surface area (Å²) in [6.07, 6.45) is 0. The summed E-state index contributed by atoms with van der Waals surface area (Å²) in [5.74, 6) is 1.42. The van der Waals surface area contributed by atoms with Gasteiger partial charge in [-0.05, 0) is 24.3 Å². The molecule has 1 aromatic carbocycles. The molecular formula is C17H24N4O2. The molecule has 0 spiro atoms. The molecular weight excluding hydrogens is 292 g/mol. The van der Waals surface area contributed by atoms with Gasteiger partial charge in [0.05, 0.1) is 25.5 Å². The van der Waals surface area contributed by atoms with Crippen molar-refractivity contribution >= 4 is 11.5 Å². The molecule has 1 aliphatic heterocycles. The minimum Gasteiger partial charge on any atom is -0.399 e. The quantitative estimate of drug-likeness (QED) is 0.843. The molecule has 2 aromatic rings. The van der Waals surface area contributed by atoms with Gasteiger partial charge in [0.2, 0.25) is 0 Å². The van der Waals surface area contributed by atoms with E-state index in [-0.39, 0.29) is 6.61 Å². The zero-order valence-corrected chi connectivity index (χ0v) is 13.7. The largest absolute Gasteiger partial charge is 0.399 e. The first-order valence-electron chi connectivity index (χ1n) is 7.94. The number of aromatic nitrogens is 2. The van der Waals surface area contributed by atoms with Crippen LogP contribution >= 0.6 is 0 Å². The Balaban J connectivity index is 0.000000924. The van der Waals surface area contributed by atoms with Gasteiger partial charge in [0.15, 0.2) is 5.82 Å². The highest BCUT2D eigenvalue weighted by Crippen LogP contribution is 2.22. The lowest BCUT2D eigenvalue weighted by Crippen LogP contribution is -2.37. The van der Waals surface area contributed by atoms with Crippen LogP contribution in [0.1, 0.15) is 19.5 Å². The molecule has 6 heteroatoms. The molecule has 3 N–H and O–H groups in total. The van der Waals surface area contributed by atoms with Crippen molar-refractivity contribution in [2.24, 2.45) is 0 Å². The fraction of sp³-hybridized carbons (Fsp3) is 0.412. The average molecular weight is 316 g/mol. The van der Waals surface area contributed by atoms with Crippen LogP contribution in [0.5, 0.6) is 0 Å². The molecule has 124 valence electrons. The topological polar surface area (TPSA) is 84.5 Å². The van der Waals surface area contributed by atoms with E-state index in [1.807, 2.05) is 44.2 Å². The summed E-state index contributed by atoms with van der Waals surface area (Å²) in [6, 6.07) is 9.23. The lowest BCUT2D eigenvalue weighted by molar-refractivity contribution is 0.122. The molecule has 0 amide bonds. The number of anilines is 2. The Morgan fingerprint density at radius 3 is 2.39 bits per heavy atom. The van der Waals surface area contributed by atoms with Crippen LogP contribution in [0.3, 0.4) is 0 Å². The molecule has 0 radical (unpaired) electrons. The highest BCUT2D eigenvalue weighted by Gasteiger charge is 2.15. The van der Waals surface area contributed by atoms with Gasteiger partial charge in [-0.2, -0.15) is 0 Å². The highest BCUT2D eigenvalue weighted by atomic mass is 16.5. The van der Waals surface area contributed by atoms with Crippen LogP contribution in [0, 0.1) is 0 Å². The second kappa shape index (κ2) is 8.45. The first-order chi connectivity index (χ1) is 11.3. The molecule has 1 fully saturated rings. The van der Waals surface area contributed by atoms with Crippen molar-refractivity contribution in [2.45, 2.75) is 20.5 Å². The molecule has 1 aromatic heterocycles. The van der Waals surface area contributed by atoms with Crippen molar-refractivity contribution in [3.63, 3.8) is 0 Å². The van der Waals surface area contributed by atoms with E-state index in [9.17, 15) is 5.11 Å². The molecule has 0 atom stereocenters. The van der Waals surface area contributed by atoms with Crippen LogP contribution in [-0.4, -0.2) is 41.4 Å². The Morgan fingerprint density at radius 1 is 1.13 bits per heavy atom. The van der Waals surface area contributed by atoms with Crippen LogP contribution in [0.25, 0.3) is 11.4 Å². The molecule has 2 heterocycles. The van der Waals surface area contributed by atoms with Crippen molar-refractivity contribution in [3.05, 3.63) is 36.0 Å². The van der Waals surface area contributed by atoms with Crippen LogP contribution in [0.2, 0.25) is 0 Å². The maximum atomic E-state index is 9.42. The SMILES string of the molecule is CC.Nc1ccc(-c2nc(CO)cc(N3CCOCC3)n2)cc1. The number of hydrogen-bond acceptors (Lipinski definition) is 6. The first-order valence-corrected chi connectivity index (χ1v) is 7.94. The van der Waals surface area contributed by atoms with E-state index in [2.05, 4.69) is 14.9 Å². The second-order valence-electron chi connectivity index (χ2n) is 4.92. The van der Waals surface area contributed by atoms with Crippen LogP contribution in [0.4, 0.5) is 11.5 Å². The van der Waals surface area contributed by atoms with E-state index < -0.39 is 0 Å². The molecule has 1 aliphatic rings. The summed E-state index contributed by atoms with van der Waals surface area (Å²) in [5.41, 5.74) is 7.90. The molecule has 0 bridgehead atoms. The van der Waals surface area contributed by atoms with Gasteiger partial charge in [0.1, 0.15) is 5.82 Å². The molecule has 0 unspecified atom stereocenters. The van der Waals surface area contributed by atoms with Gasteiger partial charge in [0, 0.05) is 30.4 Å². The summed E-state index contributed by atoms with van der Waals surface area (Å²) in [4.78, 5) is 11.1. The number of aliphatic hydroxyl groups is 1. The maximum absolute atomic E-state index is 9.42. The number of ether oxygens (including phenoxy) is 1. The molecule has 0 saturated carbocycles. The number of nitrogens with two attached hydrogens (primary N) is 1. The van der Waals surface area contributed by atoms with Crippen molar-refractivity contribution in [1.82, 2.24) is 9.97 Å². The number of rotatable bonds is 3. The van der Waals surface area contributed by atoms with Crippen LogP contribution in [-0.2, 0) is 11.3 Å². The minimum atomic E-state index is -0.109. The zero-order chi connectivity index (χ0) is 16.7. The summed E-state index contributed by atoms with van der Waals surface area (Å²) >= 11 is 0. The third kappa shape index (κ3) is 4.40. The molecule has 6 nitrogen and oxygen atoms in total. The van der Waals surface area contributed by atoms with Crippen LogP contribution < -0.4 is 10.6 Å². The molecule has 0 aliphatic carbocycles. The number of hydrogen-bond donors (Lipinski definition) is 2. The lowest BCUT2D eigenvalue weighted by atomic mass is 10.2. The van der Waals surface area contributed by atoms with E-state index in [1.54, 1.807) is 0 Å². The minimum absolute atomic E-state index is 0.109. The Hall–Kier alpha value is -2.18. The Labute approximate surface area is 136 Å². The van der Waals surface area contributed by atoms with Crippen molar-refractivity contribution < 1.29 is 9.84 Å². The molecule has 1 saturated heterocycles. The number of morpholine rings is 1. The van der Waals surface area contributed by atoms with Gasteiger partial charge in [-0.15, -0.1) is 0 Å².